The third-order valence-electron chi connectivity index (χ3n) is 3.44. The highest BCUT2D eigenvalue weighted by Crippen LogP contribution is 2.24. The van der Waals surface area contributed by atoms with E-state index in [1.54, 1.807) is 18.5 Å². The number of hydrogen-bond acceptors (Lipinski definition) is 3. The van der Waals surface area contributed by atoms with E-state index in [0.717, 1.165) is 22.3 Å². The van der Waals surface area contributed by atoms with Gasteiger partial charge in [-0.2, -0.15) is 0 Å². The number of alkyl halides is 1. The zero-order chi connectivity index (χ0) is 16.9. The highest BCUT2D eigenvalue weighted by atomic mass is 32.2. The standard InChI is InChI=1S/C17H21FN2O2S/c1-13-9-14(2)11-16(10-13)17(15-5-3-7-19-12-15)20-23(21,22)8-4-6-18/h3,5,7,9-12,17,20H,4,6,8H2,1-2H3/t17-/m1/s1. The zero-order valence-electron chi connectivity index (χ0n) is 13.3. The molecule has 0 aliphatic carbocycles. The van der Waals surface area contributed by atoms with Crippen molar-refractivity contribution in [2.45, 2.75) is 26.3 Å². The molecule has 1 atom stereocenters. The number of halogens is 1. The smallest absolute Gasteiger partial charge is 0.212 e. The molecule has 1 aromatic heterocycles. The second kappa shape index (κ2) is 7.66. The number of aryl methyl sites for hydroxylation is 2. The molecule has 0 unspecified atom stereocenters. The van der Waals surface area contributed by atoms with Crippen molar-refractivity contribution in [3.05, 3.63) is 65.0 Å². The zero-order valence-corrected chi connectivity index (χ0v) is 14.1. The molecule has 0 fully saturated rings. The van der Waals surface area contributed by atoms with Gasteiger partial charge in [0.2, 0.25) is 10.0 Å². The maximum Gasteiger partial charge on any atom is 0.212 e. The van der Waals surface area contributed by atoms with E-state index in [4.69, 9.17) is 0 Å². The lowest BCUT2D eigenvalue weighted by Crippen LogP contribution is -2.31. The molecule has 1 aromatic carbocycles. The lowest BCUT2D eigenvalue weighted by molar-refractivity contribution is 0.482. The van der Waals surface area contributed by atoms with E-state index in [0.29, 0.717) is 0 Å². The average molecular weight is 336 g/mol. The molecule has 1 heterocycles. The Morgan fingerprint density at radius 2 is 1.87 bits per heavy atom. The first-order valence-electron chi connectivity index (χ1n) is 7.45. The van der Waals surface area contributed by atoms with Gasteiger partial charge >= 0.3 is 0 Å². The number of rotatable bonds is 7. The van der Waals surface area contributed by atoms with Crippen LogP contribution in [-0.2, 0) is 10.0 Å². The number of benzene rings is 1. The predicted octanol–water partition coefficient (Wildman–Crippen LogP) is 3.07. The van der Waals surface area contributed by atoms with Gasteiger partial charge in [-0.05, 0) is 37.5 Å². The SMILES string of the molecule is Cc1cc(C)cc([C@H](NS(=O)(=O)CCCF)c2cccnc2)c1. The van der Waals surface area contributed by atoms with Crippen LogP contribution in [0.1, 0.15) is 34.7 Å². The second-order valence-corrected chi connectivity index (χ2v) is 7.49. The summed E-state index contributed by atoms with van der Waals surface area (Å²) in [5, 5.41) is 0. The number of nitrogens with one attached hydrogen (secondary N) is 1. The summed E-state index contributed by atoms with van der Waals surface area (Å²) in [6.45, 7) is 3.28. The molecule has 1 N–H and O–H groups in total. The molecular weight excluding hydrogens is 315 g/mol. The van der Waals surface area contributed by atoms with Crippen molar-refractivity contribution in [2.24, 2.45) is 0 Å². The van der Waals surface area contributed by atoms with Crippen molar-refractivity contribution < 1.29 is 12.8 Å². The minimum Gasteiger partial charge on any atom is -0.264 e. The average Bonchev–Trinajstić information content (AvgIpc) is 2.51. The first-order chi connectivity index (χ1) is 10.9. The fraction of sp³-hybridized carbons (Fsp3) is 0.353. The quantitative estimate of drug-likeness (QED) is 0.845. The van der Waals surface area contributed by atoms with Crippen LogP contribution in [0, 0.1) is 13.8 Å². The van der Waals surface area contributed by atoms with Crippen LogP contribution in [0.5, 0.6) is 0 Å². The molecule has 2 rings (SSSR count). The van der Waals surface area contributed by atoms with Crippen LogP contribution in [0.15, 0.2) is 42.7 Å². The highest BCUT2D eigenvalue weighted by molar-refractivity contribution is 7.89. The summed E-state index contributed by atoms with van der Waals surface area (Å²) in [6.07, 6.45) is 3.27. The Labute approximate surface area is 136 Å². The van der Waals surface area contributed by atoms with Gasteiger partial charge in [0.15, 0.2) is 0 Å². The fourth-order valence-corrected chi connectivity index (χ4v) is 3.77. The van der Waals surface area contributed by atoms with Gasteiger partial charge in [0.1, 0.15) is 0 Å². The van der Waals surface area contributed by atoms with Gasteiger partial charge in [-0.25, -0.2) is 13.1 Å². The largest absolute Gasteiger partial charge is 0.264 e. The number of sulfonamides is 1. The Morgan fingerprint density at radius 3 is 2.43 bits per heavy atom. The van der Waals surface area contributed by atoms with E-state index in [1.165, 1.54) is 0 Å². The van der Waals surface area contributed by atoms with Gasteiger partial charge < -0.3 is 0 Å². The topological polar surface area (TPSA) is 59.1 Å². The molecule has 0 saturated carbocycles. The maximum absolute atomic E-state index is 12.3. The molecule has 0 spiro atoms. The third kappa shape index (κ3) is 5.11. The van der Waals surface area contributed by atoms with Crippen LogP contribution in [-0.4, -0.2) is 25.8 Å². The van der Waals surface area contributed by atoms with Crippen molar-refractivity contribution in [3.63, 3.8) is 0 Å². The summed E-state index contributed by atoms with van der Waals surface area (Å²) in [4.78, 5) is 4.07. The maximum atomic E-state index is 12.3. The second-order valence-electron chi connectivity index (χ2n) is 5.62. The van der Waals surface area contributed by atoms with E-state index in [2.05, 4.69) is 9.71 Å². The molecule has 2 aromatic rings. The molecule has 0 saturated heterocycles. The van der Waals surface area contributed by atoms with Crippen LogP contribution in [0.25, 0.3) is 0 Å². The van der Waals surface area contributed by atoms with Crippen molar-refractivity contribution in [1.82, 2.24) is 9.71 Å². The number of pyridine rings is 1. The van der Waals surface area contributed by atoms with Crippen LogP contribution in [0.2, 0.25) is 0 Å². The summed E-state index contributed by atoms with van der Waals surface area (Å²) in [5.74, 6) is -0.231. The van der Waals surface area contributed by atoms with Gasteiger partial charge in [-0.3, -0.25) is 9.37 Å². The van der Waals surface area contributed by atoms with Crippen molar-refractivity contribution in [1.29, 1.82) is 0 Å². The molecule has 0 amide bonds. The summed E-state index contributed by atoms with van der Waals surface area (Å²) >= 11 is 0. The van der Waals surface area contributed by atoms with Crippen molar-refractivity contribution in [2.75, 3.05) is 12.4 Å². The Morgan fingerprint density at radius 1 is 1.17 bits per heavy atom. The molecule has 6 heteroatoms. The van der Waals surface area contributed by atoms with E-state index < -0.39 is 22.7 Å². The van der Waals surface area contributed by atoms with Gasteiger partial charge in [-0.15, -0.1) is 0 Å². The Balaban J connectivity index is 2.40. The van der Waals surface area contributed by atoms with E-state index in [9.17, 15) is 12.8 Å². The van der Waals surface area contributed by atoms with Crippen LogP contribution >= 0.6 is 0 Å². The molecule has 0 aliphatic heterocycles. The van der Waals surface area contributed by atoms with E-state index >= 15 is 0 Å². The van der Waals surface area contributed by atoms with E-state index in [-0.39, 0.29) is 12.2 Å². The molecule has 4 nitrogen and oxygen atoms in total. The van der Waals surface area contributed by atoms with Gasteiger partial charge in [0.05, 0.1) is 18.5 Å². The van der Waals surface area contributed by atoms with Crippen LogP contribution < -0.4 is 4.72 Å². The minimum atomic E-state index is -3.58. The normalized spacial score (nSPS) is 13.0. The lowest BCUT2D eigenvalue weighted by atomic mass is 9.97. The molecule has 0 radical (unpaired) electrons. The Kier molecular flexibility index (Phi) is 5.85. The monoisotopic (exact) mass is 336 g/mol. The van der Waals surface area contributed by atoms with Crippen LogP contribution in [0.4, 0.5) is 4.39 Å². The first-order valence-corrected chi connectivity index (χ1v) is 9.10. The molecular formula is C17H21FN2O2S. The van der Waals surface area contributed by atoms with Crippen LogP contribution in [0.3, 0.4) is 0 Å². The van der Waals surface area contributed by atoms with Gasteiger partial charge in [0, 0.05) is 12.4 Å². The number of nitrogens with zero attached hydrogens (tertiary/aromatic N) is 1. The Hall–Kier alpha value is -1.79. The highest BCUT2D eigenvalue weighted by Gasteiger charge is 2.21. The van der Waals surface area contributed by atoms with Crippen molar-refractivity contribution >= 4 is 10.0 Å². The van der Waals surface area contributed by atoms with E-state index in [1.807, 2.05) is 38.1 Å². The first kappa shape index (κ1) is 17.6. The van der Waals surface area contributed by atoms with Gasteiger partial charge in [-0.1, -0.05) is 35.4 Å². The lowest BCUT2D eigenvalue weighted by Gasteiger charge is -2.20. The summed E-state index contributed by atoms with van der Waals surface area (Å²) in [7, 11) is -3.58. The summed E-state index contributed by atoms with van der Waals surface area (Å²) in [5.41, 5.74) is 3.70. The third-order valence-corrected chi connectivity index (χ3v) is 4.86. The number of aromatic nitrogens is 1. The predicted molar refractivity (Wildman–Crippen MR) is 89.5 cm³/mol. The molecule has 23 heavy (non-hydrogen) atoms. The summed E-state index contributed by atoms with van der Waals surface area (Å²) < 4.78 is 39.4. The fourth-order valence-electron chi connectivity index (χ4n) is 2.53. The number of hydrogen-bond donors (Lipinski definition) is 1. The van der Waals surface area contributed by atoms with Gasteiger partial charge in [0.25, 0.3) is 0 Å². The molecule has 0 bridgehead atoms. The minimum absolute atomic E-state index is 0.0120. The Bertz CT molecular complexity index is 728. The van der Waals surface area contributed by atoms with Crippen molar-refractivity contribution in [3.8, 4) is 0 Å². The summed E-state index contributed by atoms with van der Waals surface area (Å²) in [6, 6.07) is 8.98. The molecule has 0 aliphatic rings. The molecule has 124 valence electrons.